The van der Waals surface area contributed by atoms with E-state index in [-0.39, 0.29) is 114 Å². The van der Waals surface area contributed by atoms with Crippen molar-refractivity contribution < 1.29 is 53.1 Å². The summed E-state index contributed by atoms with van der Waals surface area (Å²) in [7, 11) is 0. The zero-order valence-corrected chi connectivity index (χ0v) is 22.5. The summed E-state index contributed by atoms with van der Waals surface area (Å²) in [5, 5.41) is 16.5. The summed E-state index contributed by atoms with van der Waals surface area (Å²) in [6.07, 6.45) is 3.32. The normalized spacial score (nSPS) is 12.3. The molecular formula is C31H68O11. The lowest BCUT2D eigenvalue weighted by atomic mass is 10.1. The molecule has 0 aromatic carbocycles. The van der Waals surface area contributed by atoms with Gasteiger partial charge in [0.1, 0.15) is 25.6 Å². The Balaban J connectivity index is -0.0000000718. The summed E-state index contributed by atoms with van der Waals surface area (Å²) in [6.45, 7) is 14.5. The summed E-state index contributed by atoms with van der Waals surface area (Å²) >= 11 is 0. The number of ether oxygens (including phenoxy) is 5. The van der Waals surface area contributed by atoms with Gasteiger partial charge >= 0.3 is 23.9 Å². The second-order valence-electron chi connectivity index (χ2n) is 8.53. The number of aliphatic hydroxyl groups excluding tert-OH is 1. The van der Waals surface area contributed by atoms with E-state index in [0.29, 0.717) is 5.76 Å². The second kappa shape index (κ2) is 34.5. The summed E-state index contributed by atoms with van der Waals surface area (Å²) in [4.78, 5) is 42.7. The largest absolute Gasteiger partial charge is 0.481 e. The fraction of sp³-hybridized carbons (Fsp3) is 0.806. The van der Waals surface area contributed by atoms with Crippen molar-refractivity contribution in [1.29, 1.82) is 0 Å². The Morgan fingerprint density at radius 1 is 0.810 bits per heavy atom. The van der Waals surface area contributed by atoms with Crippen LogP contribution in [0.3, 0.4) is 0 Å². The third kappa shape index (κ3) is 33.5. The number of aliphatic hydroxyl groups is 1. The first-order valence-electron chi connectivity index (χ1n) is 12.0. The van der Waals surface area contributed by atoms with E-state index in [4.69, 9.17) is 29.2 Å². The van der Waals surface area contributed by atoms with Gasteiger partial charge in [0.2, 0.25) is 0 Å². The molecule has 0 aromatic rings. The highest BCUT2D eigenvalue weighted by Gasteiger charge is 2.46. The van der Waals surface area contributed by atoms with Gasteiger partial charge < -0.3 is 33.9 Å². The fourth-order valence-corrected chi connectivity index (χ4v) is 1.80. The lowest BCUT2D eigenvalue weighted by Gasteiger charge is -2.11. The average Bonchev–Trinajstić information content (AvgIpc) is 3.61. The predicted molar refractivity (Wildman–Crippen MR) is 171 cm³/mol. The van der Waals surface area contributed by atoms with E-state index in [1.54, 1.807) is 6.92 Å². The number of carbonyl (C=O) groups is 4. The quantitative estimate of drug-likeness (QED) is 0.0649. The molecule has 258 valence electrons. The molecule has 0 heterocycles. The minimum atomic E-state index is -0.706. The molecule has 2 atom stereocenters. The van der Waals surface area contributed by atoms with Gasteiger partial charge in [0, 0.05) is 6.92 Å². The molecule has 2 unspecified atom stereocenters. The molecule has 0 aromatic heterocycles. The van der Waals surface area contributed by atoms with Gasteiger partial charge in [0.15, 0.2) is 6.79 Å². The maximum Gasteiger partial charge on any atom is 0.311 e. The molecule has 0 saturated heterocycles. The SMILES string of the molecule is C.C.C.C.C.C.C=C(COC(C)=O)OCOCCOC(=O)C(C)CC.CC1(C(=O)OCCO)CC1.CCC(C)C(=O)O. The number of esters is 3. The van der Waals surface area contributed by atoms with Crippen LogP contribution in [-0.4, -0.2) is 73.9 Å². The van der Waals surface area contributed by atoms with Gasteiger partial charge in [-0.3, -0.25) is 19.2 Å². The first-order chi connectivity index (χ1) is 16.8. The maximum absolute atomic E-state index is 11.3. The van der Waals surface area contributed by atoms with Crippen LogP contribution in [-0.2, 0) is 42.9 Å². The number of carboxylic acid groups (broad SMARTS) is 1. The molecule has 11 heteroatoms. The van der Waals surface area contributed by atoms with Crippen molar-refractivity contribution in [3.8, 4) is 0 Å². The summed E-state index contributed by atoms with van der Waals surface area (Å²) in [6, 6.07) is 0. The molecule has 2 N–H and O–H groups in total. The minimum Gasteiger partial charge on any atom is -0.481 e. The highest BCUT2D eigenvalue weighted by Crippen LogP contribution is 2.45. The number of hydrogen-bond acceptors (Lipinski definition) is 10. The first-order valence-corrected chi connectivity index (χ1v) is 12.0. The van der Waals surface area contributed by atoms with E-state index in [9.17, 15) is 19.2 Å². The minimum absolute atomic E-state index is 0. The van der Waals surface area contributed by atoms with Crippen molar-refractivity contribution in [2.24, 2.45) is 17.3 Å². The van der Waals surface area contributed by atoms with Crippen molar-refractivity contribution in [2.75, 3.05) is 39.8 Å². The van der Waals surface area contributed by atoms with E-state index in [2.05, 4.69) is 11.3 Å². The Morgan fingerprint density at radius 2 is 1.31 bits per heavy atom. The van der Waals surface area contributed by atoms with E-state index >= 15 is 0 Å². The van der Waals surface area contributed by atoms with Gasteiger partial charge in [-0.15, -0.1) is 0 Å². The number of aliphatic carboxylic acids is 1. The number of hydrogen-bond donors (Lipinski definition) is 2. The molecule has 0 aliphatic heterocycles. The molecule has 0 radical (unpaired) electrons. The molecule has 11 nitrogen and oxygen atoms in total. The van der Waals surface area contributed by atoms with E-state index < -0.39 is 11.9 Å². The van der Waals surface area contributed by atoms with Crippen molar-refractivity contribution in [3.05, 3.63) is 12.3 Å². The van der Waals surface area contributed by atoms with Crippen LogP contribution in [0.2, 0.25) is 0 Å². The molecule has 0 spiro atoms. The molecule has 1 fully saturated rings. The summed E-state index contributed by atoms with van der Waals surface area (Å²) in [5.41, 5.74) is -0.213. The average molecular weight is 617 g/mol. The van der Waals surface area contributed by atoms with Crippen LogP contribution in [0, 0.1) is 17.3 Å². The zero-order chi connectivity index (χ0) is 28.1. The molecule has 1 aliphatic carbocycles. The Kier molecular flexibility index (Phi) is 48.4. The predicted octanol–water partition coefficient (Wildman–Crippen LogP) is 6.90. The van der Waals surface area contributed by atoms with Crippen molar-refractivity contribution in [2.45, 2.75) is 112 Å². The van der Waals surface area contributed by atoms with Gasteiger partial charge in [-0.1, -0.05) is 78.8 Å². The van der Waals surface area contributed by atoms with Gasteiger partial charge in [0.05, 0.1) is 30.5 Å². The number of rotatable bonds is 15. The van der Waals surface area contributed by atoms with E-state index in [0.717, 1.165) is 25.7 Å². The van der Waals surface area contributed by atoms with Gasteiger partial charge in [-0.25, -0.2) is 0 Å². The third-order valence-corrected chi connectivity index (χ3v) is 5.12. The Morgan fingerprint density at radius 3 is 1.67 bits per heavy atom. The highest BCUT2D eigenvalue weighted by molar-refractivity contribution is 5.79. The van der Waals surface area contributed by atoms with Crippen LogP contribution in [0.15, 0.2) is 12.3 Å². The molecule has 42 heavy (non-hydrogen) atoms. The number of carbonyl (C=O) groups excluding carboxylic acids is 3. The van der Waals surface area contributed by atoms with Gasteiger partial charge in [0.25, 0.3) is 0 Å². The molecule has 0 bridgehead atoms. The Bertz CT molecular complexity index is 674. The molecule has 1 rings (SSSR count). The zero-order valence-electron chi connectivity index (χ0n) is 22.5. The third-order valence-electron chi connectivity index (χ3n) is 5.12. The molecular weight excluding hydrogens is 548 g/mol. The van der Waals surface area contributed by atoms with E-state index in [1.165, 1.54) is 6.92 Å². The van der Waals surface area contributed by atoms with Crippen LogP contribution in [0.5, 0.6) is 0 Å². The van der Waals surface area contributed by atoms with Crippen LogP contribution < -0.4 is 0 Å². The van der Waals surface area contributed by atoms with Crippen LogP contribution in [0.25, 0.3) is 0 Å². The summed E-state index contributed by atoms with van der Waals surface area (Å²) in [5.74, 6) is -1.48. The Labute approximate surface area is 258 Å². The smallest absolute Gasteiger partial charge is 0.311 e. The molecule has 1 aliphatic rings. The molecule has 1 saturated carbocycles. The fourth-order valence-electron chi connectivity index (χ4n) is 1.80. The maximum atomic E-state index is 11.3. The lowest BCUT2D eigenvalue weighted by Crippen LogP contribution is -2.17. The first kappa shape index (κ1) is 58.9. The van der Waals surface area contributed by atoms with Crippen molar-refractivity contribution in [1.82, 2.24) is 0 Å². The van der Waals surface area contributed by atoms with Crippen LogP contribution in [0.1, 0.15) is 112 Å². The topological polar surface area (TPSA) is 155 Å². The number of carboxylic acids is 1. The lowest BCUT2D eigenvalue weighted by molar-refractivity contribution is -0.151. The molecule has 0 amide bonds. The van der Waals surface area contributed by atoms with Gasteiger partial charge in [-0.05, 0) is 32.6 Å². The Hall–Kier alpha value is -2.66. The van der Waals surface area contributed by atoms with Gasteiger partial charge in [-0.2, -0.15) is 0 Å². The van der Waals surface area contributed by atoms with Crippen LogP contribution >= 0.6 is 0 Å². The van der Waals surface area contributed by atoms with Crippen molar-refractivity contribution >= 4 is 23.9 Å². The van der Waals surface area contributed by atoms with Crippen molar-refractivity contribution in [3.63, 3.8) is 0 Å². The second-order valence-corrected chi connectivity index (χ2v) is 8.53. The highest BCUT2D eigenvalue weighted by atomic mass is 16.7. The monoisotopic (exact) mass is 616 g/mol. The summed E-state index contributed by atoms with van der Waals surface area (Å²) < 4.78 is 24.5. The standard InChI is InChI=1S/C13H22O6.C7H12O3.C5H10O2.6CH4/c1-5-10(2)13(15)17-7-6-16-9-19-11(3)8-18-12(4)14;1-7(2-3-7)6(9)10-5-4-8;1-3-4(2)5(6)7;;;;;;/h10H,3,5-9H2,1-2,4H3;8H,2-5H2,1H3;4H,3H2,1-2H3,(H,6,7);6*1H4. The van der Waals surface area contributed by atoms with E-state index in [1.807, 2.05) is 27.7 Å². The van der Waals surface area contributed by atoms with Crippen LogP contribution in [0.4, 0.5) is 0 Å².